The second-order valence-corrected chi connectivity index (χ2v) is 5.99. The molecule has 1 N–H and O–H groups in total. The Hall–Kier alpha value is -2.51. The van der Waals surface area contributed by atoms with Crippen LogP contribution in [0.2, 0.25) is 10.0 Å². The quantitative estimate of drug-likeness (QED) is 0.508. The highest BCUT2D eigenvalue weighted by Crippen LogP contribution is 2.36. The number of oxime groups is 1. The van der Waals surface area contributed by atoms with Crippen molar-refractivity contribution < 1.29 is 23.5 Å². The molecule has 27 heavy (non-hydrogen) atoms. The molecule has 0 atom stereocenters. The zero-order valence-corrected chi connectivity index (χ0v) is 16.1. The van der Waals surface area contributed by atoms with Crippen LogP contribution in [-0.2, 0) is 9.63 Å². The lowest BCUT2D eigenvalue weighted by Crippen LogP contribution is -2.17. The van der Waals surface area contributed by atoms with Crippen LogP contribution in [0.4, 0.5) is 10.1 Å². The third kappa shape index (κ3) is 6.01. The van der Waals surface area contributed by atoms with Crippen molar-refractivity contribution in [2.24, 2.45) is 5.16 Å². The Morgan fingerprint density at radius 3 is 2.74 bits per heavy atom. The van der Waals surface area contributed by atoms with E-state index in [0.717, 1.165) is 6.07 Å². The SMILES string of the molecule is CCOc1c(Cl)cc(/C=N\OCC(=O)Nc2ccc(Cl)cc2F)cc1OC. The number of carbonyl (C=O) groups is 1. The van der Waals surface area contributed by atoms with E-state index in [-0.39, 0.29) is 10.7 Å². The van der Waals surface area contributed by atoms with Gasteiger partial charge >= 0.3 is 0 Å². The fourth-order valence-corrected chi connectivity index (χ4v) is 2.50. The molecule has 0 aromatic heterocycles. The average molecular weight is 415 g/mol. The van der Waals surface area contributed by atoms with Gasteiger partial charge in [0.25, 0.3) is 5.91 Å². The molecule has 0 radical (unpaired) electrons. The first kappa shape index (κ1) is 20.8. The first-order valence-corrected chi connectivity index (χ1v) is 8.60. The van der Waals surface area contributed by atoms with E-state index in [1.54, 1.807) is 12.1 Å². The summed E-state index contributed by atoms with van der Waals surface area (Å²) < 4.78 is 24.3. The molecule has 1 amide bonds. The van der Waals surface area contributed by atoms with Gasteiger partial charge in [0, 0.05) is 10.6 Å². The monoisotopic (exact) mass is 414 g/mol. The number of rotatable bonds is 8. The molecule has 0 saturated heterocycles. The summed E-state index contributed by atoms with van der Waals surface area (Å²) in [7, 11) is 1.49. The number of methoxy groups -OCH3 is 1. The summed E-state index contributed by atoms with van der Waals surface area (Å²) in [5, 5.41) is 6.64. The number of carbonyl (C=O) groups excluding carboxylic acids is 1. The maximum Gasteiger partial charge on any atom is 0.265 e. The minimum absolute atomic E-state index is 0.00000992. The Labute approximate surface area is 165 Å². The highest BCUT2D eigenvalue weighted by Gasteiger charge is 2.11. The Balaban J connectivity index is 1.93. The molecule has 0 heterocycles. The van der Waals surface area contributed by atoms with Crippen LogP contribution in [0.3, 0.4) is 0 Å². The highest BCUT2D eigenvalue weighted by atomic mass is 35.5. The first-order chi connectivity index (χ1) is 12.9. The number of ether oxygens (including phenoxy) is 2. The lowest BCUT2D eigenvalue weighted by molar-refractivity contribution is -0.120. The lowest BCUT2D eigenvalue weighted by atomic mass is 10.2. The topological polar surface area (TPSA) is 69.2 Å². The molecule has 0 aliphatic heterocycles. The summed E-state index contributed by atoms with van der Waals surface area (Å²) in [6.45, 7) is 1.87. The fourth-order valence-electron chi connectivity index (χ4n) is 2.07. The van der Waals surface area contributed by atoms with Crippen LogP contribution in [0.15, 0.2) is 35.5 Å². The standard InChI is InChI=1S/C18H17Cl2FN2O4/c1-3-26-18-13(20)6-11(7-16(18)25-2)9-22-27-10-17(24)23-15-5-4-12(19)8-14(15)21/h4-9H,3,10H2,1-2H3,(H,23,24)/b22-9-. The summed E-state index contributed by atoms with van der Waals surface area (Å²) in [5.41, 5.74) is 0.587. The fraction of sp³-hybridized carbons (Fsp3) is 0.222. The van der Waals surface area contributed by atoms with E-state index in [1.165, 1.54) is 25.5 Å². The predicted octanol–water partition coefficient (Wildman–Crippen LogP) is 4.53. The molecule has 0 aliphatic rings. The van der Waals surface area contributed by atoms with Gasteiger partial charge in [0.2, 0.25) is 0 Å². The van der Waals surface area contributed by atoms with Crippen LogP contribution >= 0.6 is 23.2 Å². The van der Waals surface area contributed by atoms with Crippen LogP contribution in [0.1, 0.15) is 12.5 Å². The lowest BCUT2D eigenvalue weighted by Gasteiger charge is -2.11. The number of hydrogen-bond donors (Lipinski definition) is 1. The van der Waals surface area contributed by atoms with Crippen molar-refractivity contribution in [2.75, 3.05) is 25.6 Å². The zero-order valence-electron chi connectivity index (χ0n) is 14.6. The maximum absolute atomic E-state index is 13.6. The molecule has 144 valence electrons. The largest absolute Gasteiger partial charge is 0.493 e. The van der Waals surface area contributed by atoms with Gasteiger partial charge in [-0.2, -0.15) is 0 Å². The molecule has 0 fully saturated rings. The van der Waals surface area contributed by atoms with Crippen molar-refractivity contribution in [3.63, 3.8) is 0 Å². The van der Waals surface area contributed by atoms with Gasteiger partial charge in [-0.3, -0.25) is 4.79 Å². The second kappa shape index (κ2) is 9.99. The Morgan fingerprint density at radius 2 is 2.07 bits per heavy atom. The Bertz CT molecular complexity index is 846. The molecular weight excluding hydrogens is 398 g/mol. The minimum atomic E-state index is -0.643. The molecule has 0 bridgehead atoms. The molecule has 0 unspecified atom stereocenters. The summed E-state index contributed by atoms with van der Waals surface area (Å²) in [6.07, 6.45) is 1.36. The second-order valence-electron chi connectivity index (χ2n) is 5.15. The number of nitrogens with zero attached hydrogens (tertiary/aromatic N) is 1. The molecule has 2 aromatic carbocycles. The van der Waals surface area contributed by atoms with E-state index in [9.17, 15) is 9.18 Å². The number of amides is 1. The molecule has 9 heteroatoms. The summed E-state index contributed by atoms with van der Waals surface area (Å²) in [4.78, 5) is 16.7. The highest BCUT2D eigenvalue weighted by molar-refractivity contribution is 6.32. The maximum atomic E-state index is 13.6. The van der Waals surface area contributed by atoms with Crippen molar-refractivity contribution in [3.8, 4) is 11.5 Å². The van der Waals surface area contributed by atoms with Gasteiger partial charge in [-0.1, -0.05) is 28.4 Å². The zero-order chi connectivity index (χ0) is 19.8. The molecule has 2 rings (SSSR count). The van der Waals surface area contributed by atoms with Crippen molar-refractivity contribution in [1.29, 1.82) is 0 Å². The summed E-state index contributed by atoms with van der Waals surface area (Å²) >= 11 is 11.8. The van der Waals surface area contributed by atoms with E-state index in [1.807, 2.05) is 6.92 Å². The van der Waals surface area contributed by atoms with Gasteiger partial charge in [0.15, 0.2) is 18.1 Å². The van der Waals surface area contributed by atoms with Gasteiger partial charge in [0.05, 0.1) is 30.6 Å². The van der Waals surface area contributed by atoms with Crippen LogP contribution in [0.25, 0.3) is 0 Å². The molecular formula is C18H17Cl2FN2O4. The molecule has 6 nitrogen and oxygen atoms in total. The van der Waals surface area contributed by atoms with Gasteiger partial charge in [-0.05, 0) is 37.3 Å². The Kier molecular flexibility index (Phi) is 7.69. The van der Waals surface area contributed by atoms with E-state index >= 15 is 0 Å². The number of nitrogens with one attached hydrogen (secondary N) is 1. The van der Waals surface area contributed by atoms with Gasteiger partial charge in [-0.25, -0.2) is 4.39 Å². The van der Waals surface area contributed by atoms with Crippen LogP contribution in [-0.4, -0.2) is 32.4 Å². The normalized spacial score (nSPS) is 10.7. The van der Waals surface area contributed by atoms with Crippen molar-refractivity contribution in [3.05, 3.63) is 51.8 Å². The van der Waals surface area contributed by atoms with E-state index < -0.39 is 18.3 Å². The molecule has 0 aliphatic carbocycles. The summed E-state index contributed by atoms with van der Waals surface area (Å²) in [5.74, 6) is -0.336. The van der Waals surface area contributed by atoms with E-state index in [0.29, 0.717) is 28.7 Å². The minimum Gasteiger partial charge on any atom is -0.493 e. The molecule has 2 aromatic rings. The van der Waals surface area contributed by atoms with Crippen molar-refractivity contribution in [1.82, 2.24) is 0 Å². The number of benzene rings is 2. The van der Waals surface area contributed by atoms with Crippen LogP contribution in [0.5, 0.6) is 11.5 Å². The first-order valence-electron chi connectivity index (χ1n) is 7.85. The number of hydrogen-bond acceptors (Lipinski definition) is 5. The number of halogens is 3. The van der Waals surface area contributed by atoms with Crippen LogP contribution < -0.4 is 14.8 Å². The summed E-state index contributed by atoms with van der Waals surface area (Å²) in [6, 6.07) is 7.19. The van der Waals surface area contributed by atoms with Gasteiger partial charge in [-0.15, -0.1) is 0 Å². The third-order valence-electron chi connectivity index (χ3n) is 3.22. The van der Waals surface area contributed by atoms with Crippen LogP contribution in [0, 0.1) is 5.82 Å². The van der Waals surface area contributed by atoms with E-state index in [4.69, 9.17) is 37.5 Å². The van der Waals surface area contributed by atoms with Gasteiger partial charge < -0.3 is 19.6 Å². The van der Waals surface area contributed by atoms with Crippen molar-refractivity contribution >= 4 is 41.0 Å². The number of anilines is 1. The van der Waals surface area contributed by atoms with Crippen molar-refractivity contribution in [2.45, 2.75) is 6.92 Å². The Morgan fingerprint density at radius 1 is 1.30 bits per heavy atom. The molecule has 0 spiro atoms. The third-order valence-corrected chi connectivity index (χ3v) is 3.73. The van der Waals surface area contributed by atoms with Gasteiger partial charge in [0.1, 0.15) is 5.82 Å². The van der Waals surface area contributed by atoms with E-state index in [2.05, 4.69) is 10.5 Å². The smallest absolute Gasteiger partial charge is 0.265 e. The average Bonchev–Trinajstić information content (AvgIpc) is 2.63. The predicted molar refractivity (Wildman–Crippen MR) is 103 cm³/mol. The molecule has 0 saturated carbocycles.